The maximum atomic E-state index is 13.4. The molecule has 7 nitrogen and oxygen atoms in total. The van der Waals surface area contributed by atoms with Crippen molar-refractivity contribution in [1.29, 1.82) is 0 Å². The summed E-state index contributed by atoms with van der Waals surface area (Å²) in [5, 5.41) is 8.01. The van der Waals surface area contributed by atoms with E-state index >= 15 is 0 Å². The Bertz CT molecular complexity index is 824. The molecule has 3 rings (SSSR count). The first-order valence-corrected chi connectivity index (χ1v) is 9.13. The molecule has 0 unspecified atom stereocenters. The fourth-order valence-corrected chi connectivity index (χ4v) is 3.37. The van der Waals surface area contributed by atoms with E-state index in [1.54, 1.807) is 6.07 Å². The van der Waals surface area contributed by atoms with Gasteiger partial charge in [0.2, 0.25) is 11.5 Å². The van der Waals surface area contributed by atoms with Gasteiger partial charge in [0, 0.05) is 30.3 Å². The van der Waals surface area contributed by atoms with Crippen LogP contribution in [-0.2, 0) is 11.2 Å². The highest BCUT2D eigenvalue weighted by molar-refractivity contribution is 7.09. The van der Waals surface area contributed by atoms with Gasteiger partial charge < -0.3 is 4.90 Å². The van der Waals surface area contributed by atoms with Crippen molar-refractivity contribution < 1.29 is 18.0 Å². The van der Waals surface area contributed by atoms with Crippen LogP contribution in [0.4, 0.5) is 35.4 Å². The smallest absolute Gasteiger partial charge is 0.372 e. The summed E-state index contributed by atoms with van der Waals surface area (Å²) < 4.78 is 43.9. The van der Waals surface area contributed by atoms with E-state index in [1.807, 2.05) is 11.8 Å². The minimum absolute atomic E-state index is 0.0358. The lowest BCUT2D eigenvalue weighted by Gasteiger charge is -2.27. The number of halogens is 3. The summed E-state index contributed by atoms with van der Waals surface area (Å²) in [4.78, 5) is 16.8. The summed E-state index contributed by atoms with van der Waals surface area (Å²) in [6.07, 6.45) is -1.25. The standard InChI is InChI=1S/C16H17F3N6OS/c1-2-24-6-4-3-5-11-7-12(22-23-15-20-9-21-27-15)14(8-13(11)24)25(10-26)16(17,18)19/h7-10H,2-6H2,1H3. The van der Waals surface area contributed by atoms with Crippen molar-refractivity contribution in [3.8, 4) is 0 Å². The zero-order chi connectivity index (χ0) is 19.4. The lowest BCUT2D eigenvalue weighted by atomic mass is 10.0. The van der Waals surface area contributed by atoms with Crippen molar-refractivity contribution >= 4 is 40.1 Å². The molecule has 1 aromatic heterocycles. The Balaban J connectivity index is 2.14. The monoisotopic (exact) mass is 398 g/mol. The van der Waals surface area contributed by atoms with Gasteiger partial charge >= 0.3 is 6.30 Å². The Labute approximate surface area is 157 Å². The molecule has 0 spiro atoms. The van der Waals surface area contributed by atoms with Crippen molar-refractivity contribution in [3.63, 3.8) is 0 Å². The van der Waals surface area contributed by atoms with E-state index < -0.39 is 6.30 Å². The van der Waals surface area contributed by atoms with Crippen molar-refractivity contribution in [2.24, 2.45) is 10.2 Å². The molecule has 0 saturated carbocycles. The molecule has 0 bridgehead atoms. The molecule has 144 valence electrons. The summed E-state index contributed by atoms with van der Waals surface area (Å²) >= 11 is 0.969. The van der Waals surface area contributed by atoms with Crippen LogP contribution in [0.2, 0.25) is 0 Å². The van der Waals surface area contributed by atoms with Gasteiger partial charge in [0.15, 0.2) is 0 Å². The second-order valence-electron chi connectivity index (χ2n) is 5.87. The fourth-order valence-electron chi connectivity index (χ4n) is 3.00. The van der Waals surface area contributed by atoms with Gasteiger partial charge in [-0.2, -0.15) is 4.37 Å². The molecule has 0 saturated heterocycles. The SMILES string of the molecule is CCN1CCCCc2cc(N=Nc3ncns3)c(N(C=O)C(F)(F)F)cc21. The van der Waals surface area contributed by atoms with E-state index in [1.165, 1.54) is 12.4 Å². The van der Waals surface area contributed by atoms with E-state index in [0.29, 0.717) is 12.2 Å². The molecule has 0 N–H and O–H groups in total. The molecule has 1 aliphatic heterocycles. The van der Waals surface area contributed by atoms with Crippen LogP contribution in [0.3, 0.4) is 0 Å². The number of amides is 1. The van der Waals surface area contributed by atoms with E-state index in [-0.39, 0.29) is 27.8 Å². The van der Waals surface area contributed by atoms with E-state index in [2.05, 4.69) is 19.6 Å². The molecule has 1 aromatic carbocycles. The molecule has 0 radical (unpaired) electrons. The van der Waals surface area contributed by atoms with E-state index in [0.717, 1.165) is 42.9 Å². The predicted octanol–water partition coefficient (Wildman–Crippen LogP) is 4.60. The molecule has 0 fully saturated rings. The molecule has 2 heterocycles. The molecule has 2 aromatic rings. The van der Waals surface area contributed by atoms with Crippen LogP contribution < -0.4 is 9.80 Å². The number of alkyl halides is 3. The summed E-state index contributed by atoms with van der Waals surface area (Å²) in [6, 6.07) is 2.95. The third-order valence-electron chi connectivity index (χ3n) is 4.25. The van der Waals surface area contributed by atoms with Gasteiger partial charge in [0.05, 0.1) is 5.69 Å². The van der Waals surface area contributed by atoms with Crippen LogP contribution in [-0.4, -0.2) is 35.2 Å². The molecule has 1 amide bonds. The zero-order valence-corrected chi connectivity index (χ0v) is 15.3. The van der Waals surface area contributed by atoms with Gasteiger partial charge in [0.1, 0.15) is 12.0 Å². The molecule has 0 aliphatic carbocycles. The minimum atomic E-state index is -4.87. The van der Waals surface area contributed by atoms with E-state index in [9.17, 15) is 18.0 Å². The number of benzene rings is 1. The third kappa shape index (κ3) is 4.24. The van der Waals surface area contributed by atoms with Crippen LogP contribution in [0, 0.1) is 0 Å². The highest BCUT2D eigenvalue weighted by atomic mass is 32.1. The van der Waals surface area contributed by atoms with Crippen LogP contribution in [0.1, 0.15) is 25.3 Å². The Morgan fingerprint density at radius 3 is 2.78 bits per heavy atom. The van der Waals surface area contributed by atoms with Gasteiger partial charge in [-0.1, -0.05) is 0 Å². The molecular formula is C16H17F3N6OS. The Hall–Kier alpha value is -2.56. The normalized spacial score (nSPS) is 14.9. The summed E-state index contributed by atoms with van der Waals surface area (Å²) in [6.45, 7) is 3.35. The number of hydrogen-bond donors (Lipinski definition) is 0. The average Bonchev–Trinajstić information content (AvgIpc) is 3.06. The topological polar surface area (TPSA) is 74.1 Å². The summed E-state index contributed by atoms with van der Waals surface area (Å²) in [7, 11) is 0. The van der Waals surface area contributed by atoms with Gasteiger partial charge in [-0.05, 0) is 43.9 Å². The molecule has 0 atom stereocenters. The predicted molar refractivity (Wildman–Crippen MR) is 96.0 cm³/mol. The van der Waals surface area contributed by atoms with E-state index in [4.69, 9.17) is 0 Å². The van der Waals surface area contributed by atoms with Gasteiger partial charge in [0.25, 0.3) is 0 Å². The van der Waals surface area contributed by atoms with Crippen LogP contribution >= 0.6 is 11.5 Å². The number of carbonyl (C=O) groups is 1. The second kappa shape index (κ2) is 7.99. The summed E-state index contributed by atoms with van der Waals surface area (Å²) in [5.74, 6) is 0. The molecule has 11 heteroatoms. The number of aryl methyl sites for hydroxylation is 1. The Morgan fingerprint density at radius 2 is 2.15 bits per heavy atom. The maximum Gasteiger partial charge on any atom is 0.491 e. The second-order valence-corrected chi connectivity index (χ2v) is 6.63. The fraction of sp³-hybridized carbons (Fsp3) is 0.438. The highest BCUT2D eigenvalue weighted by Gasteiger charge is 2.39. The van der Waals surface area contributed by atoms with Crippen molar-refractivity contribution in [2.75, 3.05) is 22.9 Å². The Morgan fingerprint density at radius 1 is 1.33 bits per heavy atom. The number of hydrogen-bond acceptors (Lipinski definition) is 7. The summed E-state index contributed by atoms with van der Waals surface area (Å²) in [5.41, 5.74) is 1.18. The third-order valence-corrected chi connectivity index (χ3v) is 4.80. The largest absolute Gasteiger partial charge is 0.491 e. The van der Waals surface area contributed by atoms with Gasteiger partial charge in [-0.15, -0.1) is 23.4 Å². The van der Waals surface area contributed by atoms with Crippen LogP contribution in [0.15, 0.2) is 28.7 Å². The van der Waals surface area contributed by atoms with Gasteiger partial charge in [-0.25, -0.2) is 9.88 Å². The number of fused-ring (bicyclic) bond motifs is 1. The Kier molecular flexibility index (Phi) is 5.68. The van der Waals surface area contributed by atoms with Crippen molar-refractivity contribution in [1.82, 2.24) is 9.36 Å². The number of carbonyl (C=O) groups excluding carboxylic acids is 1. The van der Waals surface area contributed by atoms with Gasteiger partial charge in [-0.3, -0.25) is 4.79 Å². The minimum Gasteiger partial charge on any atom is -0.372 e. The number of nitrogens with zero attached hydrogens (tertiary/aromatic N) is 6. The maximum absolute atomic E-state index is 13.4. The molecule has 1 aliphatic rings. The number of aromatic nitrogens is 2. The molecular weight excluding hydrogens is 381 g/mol. The number of azo groups is 1. The zero-order valence-electron chi connectivity index (χ0n) is 14.5. The lowest BCUT2D eigenvalue weighted by molar-refractivity contribution is -0.141. The van der Waals surface area contributed by atoms with Crippen LogP contribution in [0.25, 0.3) is 0 Å². The first-order chi connectivity index (χ1) is 12.9. The number of rotatable bonds is 5. The lowest BCUT2D eigenvalue weighted by Crippen LogP contribution is -2.37. The quantitative estimate of drug-likeness (QED) is 0.419. The first kappa shape index (κ1) is 19.2. The number of anilines is 2. The molecule has 27 heavy (non-hydrogen) atoms. The highest BCUT2D eigenvalue weighted by Crippen LogP contribution is 2.41. The average molecular weight is 398 g/mol. The van der Waals surface area contributed by atoms with Crippen molar-refractivity contribution in [2.45, 2.75) is 32.5 Å². The van der Waals surface area contributed by atoms with Crippen LogP contribution in [0.5, 0.6) is 0 Å². The first-order valence-electron chi connectivity index (χ1n) is 8.35. The van der Waals surface area contributed by atoms with Crippen molar-refractivity contribution in [3.05, 3.63) is 24.0 Å².